The molecule has 1 heterocycles. The summed E-state index contributed by atoms with van der Waals surface area (Å²) in [6, 6.07) is 5.59. The number of aldehydes is 1. The lowest BCUT2D eigenvalue weighted by atomic mass is 10.0. The maximum atomic E-state index is 12.1. The highest BCUT2D eigenvalue weighted by atomic mass is 32.1. The molecule has 0 saturated carbocycles. The number of carbonyl (C=O) groups is 1. The van der Waals surface area contributed by atoms with Crippen LogP contribution in [0.3, 0.4) is 0 Å². The summed E-state index contributed by atoms with van der Waals surface area (Å²) in [6.07, 6.45) is 2.92. The van der Waals surface area contributed by atoms with E-state index in [4.69, 9.17) is 12.2 Å². The quantitative estimate of drug-likeness (QED) is 0.204. The molecule has 1 aromatic heterocycles. The van der Waals surface area contributed by atoms with Gasteiger partial charge in [-0.05, 0) is 24.4 Å². The summed E-state index contributed by atoms with van der Waals surface area (Å²) in [6.45, 7) is 3.66. The summed E-state index contributed by atoms with van der Waals surface area (Å²) in [7, 11) is 0. The monoisotopic (exact) mass is 359 g/mol. The maximum absolute atomic E-state index is 12.1. The fraction of sp³-hybridized carbons (Fsp3) is 0.0625. The Morgan fingerprint density at radius 2 is 2.12 bits per heavy atom. The first-order chi connectivity index (χ1) is 11.9. The van der Waals surface area contributed by atoms with Gasteiger partial charge in [-0.25, -0.2) is 0 Å². The number of nitrogens with zero attached hydrogens (tertiary/aromatic N) is 2. The van der Waals surface area contributed by atoms with Gasteiger partial charge in [0.1, 0.15) is 5.56 Å². The second kappa shape index (κ2) is 7.49. The van der Waals surface area contributed by atoms with Gasteiger partial charge >= 0.3 is 0 Å². The number of benzene rings is 1. The molecule has 0 spiro atoms. The minimum Gasteiger partial charge on any atom is -0.494 e. The van der Waals surface area contributed by atoms with E-state index in [1.54, 1.807) is 0 Å². The van der Waals surface area contributed by atoms with Crippen molar-refractivity contribution in [1.29, 1.82) is 0 Å². The van der Waals surface area contributed by atoms with Gasteiger partial charge < -0.3 is 5.11 Å². The van der Waals surface area contributed by atoms with E-state index in [-0.39, 0.29) is 33.7 Å². The number of para-hydroxylation sites is 1. The topological polar surface area (TPSA) is 118 Å². The zero-order valence-electron chi connectivity index (χ0n) is 12.8. The van der Waals surface area contributed by atoms with E-state index in [1.165, 1.54) is 34.9 Å². The molecule has 2 aromatic rings. The fourth-order valence-corrected chi connectivity index (χ4v) is 2.47. The maximum Gasteiger partial charge on any atom is 0.277 e. The molecule has 8 nitrogen and oxygen atoms in total. The second-order valence-electron chi connectivity index (χ2n) is 4.89. The van der Waals surface area contributed by atoms with E-state index < -0.39 is 16.4 Å². The van der Waals surface area contributed by atoms with Gasteiger partial charge in [0.2, 0.25) is 5.88 Å². The Morgan fingerprint density at radius 3 is 2.72 bits per heavy atom. The summed E-state index contributed by atoms with van der Waals surface area (Å²) in [4.78, 5) is 36.4. The first-order valence-corrected chi connectivity index (χ1v) is 7.39. The molecule has 0 aliphatic carbocycles. The number of aromatic nitrogens is 2. The first kappa shape index (κ1) is 18.0. The SMILES string of the molecule is C=CCn1c(O)c(C=C(C=O)c2ccccc2[N+](=O)[O-])c(=O)[nH]c1=S. The Hall–Kier alpha value is -3.33. The highest BCUT2D eigenvalue weighted by molar-refractivity contribution is 7.71. The molecular formula is C16H13N3O5S. The number of hydrogen-bond donors (Lipinski definition) is 2. The van der Waals surface area contributed by atoms with E-state index in [9.17, 15) is 24.8 Å². The molecule has 0 fully saturated rings. The first-order valence-electron chi connectivity index (χ1n) is 6.98. The summed E-state index contributed by atoms with van der Waals surface area (Å²) in [5, 5.41) is 21.4. The van der Waals surface area contributed by atoms with E-state index >= 15 is 0 Å². The lowest BCUT2D eigenvalue weighted by molar-refractivity contribution is -0.385. The summed E-state index contributed by atoms with van der Waals surface area (Å²) in [5.74, 6) is -0.466. The van der Waals surface area contributed by atoms with Crippen molar-refractivity contribution in [3.05, 3.63) is 73.3 Å². The van der Waals surface area contributed by atoms with Crippen LogP contribution in [0.5, 0.6) is 5.88 Å². The molecule has 128 valence electrons. The van der Waals surface area contributed by atoms with Crippen LogP contribution in [0.1, 0.15) is 11.1 Å². The van der Waals surface area contributed by atoms with E-state index in [0.29, 0.717) is 6.29 Å². The molecule has 0 unspecified atom stereocenters. The molecule has 0 aliphatic rings. The van der Waals surface area contributed by atoms with Gasteiger partial charge in [-0.3, -0.25) is 29.3 Å². The Bertz CT molecular complexity index is 1000. The molecular weight excluding hydrogens is 346 g/mol. The average molecular weight is 359 g/mol. The van der Waals surface area contributed by atoms with Crippen LogP contribution in [0, 0.1) is 14.9 Å². The number of allylic oxidation sites excluding steroid dienone is 2. The largest absolute Gasteiger partial charge is 0.494 e. The highest BCUT2D eigenvalue weighted by Crippen LogP contribution is 2.27. The third-order valence-electron chi connectivity index (χ3n) is 3.36. The predicted molar refractivity (Wildman–Crippen MR) is 94.8 cm³/mol. The summed E-state index contributed by atoms with van der Waals surface area (Å²) < 4.78 is 1.19. The number of nitro benzene ring substituents is 1. The van der Waals surface area contributed by atoms with E-state index in [2.05, 4.69) is 11.6 Å². The summed E-state index contributed by atoms with van der Waals surface area (Å²) >= 11 is 4.96. The normalized spacial score (nSPS) is 11.1. The number of aromatic amines is 1. The molecule has 0 saturated heterocycles. The van der Waals surface area contributed by atoms with Crippen LogP contribution in [0.15, 0.2) is 41.7 Å². The van der Waals surface area contributed by atoms with Gasteiger partial charge in [-0.15, -0.1) is 6.58 Å². The van der Waals surface area contributed by atoms with Crippen LogP contribution in [-0.4, -0.2) is 25.9 Å². The standard InChI is InChI=1S/C16H13N3O5S/c1-2-7-18-15(22)12(14(21)17-16(18)25)8-10(9-20)11-5-3-4-6-13(11)19(23)24/h2-6,8-9,22H,1,7H2,(H,17,21,25). The second-order valence-corrected chi connectivity index (χ2v) is 5.27. The molecule has 2 rings (SSSR count). The van der Waals surface area contributed by atoms with Crippen molar-refractivity contribution in [3.63, 3.8) is 0 Å². The smallest absolute Gasteiger partial charge is 0.277 e. The average Bonchev–Trinajstić information content (AvgIpc) is 2.58. The van der Waals surface area contributed by atoms with Crippen molar-refractivity contribution in [2.45, 2.75) is 6.54 Å². The Labute approximate surface area is 146 Å². The number of aromatic hydroxyl groups is 1. The van der Waals surface area contributed by atoms with Crippen LogP contribution in [0.25, 0.3) is 11.6 Å². The minimum atomic E-state index is -0.722. The third-order valence-corrected chi connectivity index (χ3v) is 3.68. The van der Waals surface area contributed by atoms with Crippen LogP contribution in [0.2, 0.25) is 0 Å². The predicted octanol–water partition coefficient (Wildman–Crippen LogP) is 2.45. The van der Waals surface area contributed by atoms with Gasteiger partial charge in [-0.1, -0.05) is 18.2 Å². The van der Waals surface area contributed by atoms with Gasteiger partial charge in [0, 0.05) is 18.2 Å². The Kier molecular flexibility index (Phi) is 5.40. The number of hydrogen-bond acceptors (Lipinski definition) is 6. The molecule has 0 atom stereocenters. The van der Waals surface area contributed by atoms with E-state index in [1.807, 2.05) is 0 Å². The van der Waals surface area contributed by atoms with Crippen molar-refractivity contribution in [2.24, 2.45) is 0 Å². The zero-order valence-corrected chi connectivity index (χ0v) is 13.7. The third kappa shape index (κ3) is 3.61. The molecule has 1 aromatic carbocycles. The number of rotatable bonds is 6. The molecule has 0 aliphatic heterocycles. The van der Waals surface area contributed by atoms with Crippen molar-refractivity contribution in [1.82, 2.24) is 9.55 Å². The number of nitro groups is 1. The lowest BCUT2D eigenvalue weighted by Gasteiger charge is -2.09. The van der Waals surface area contributed by atoms with Crippen LogP contribution in [-0.2, 0) is 11.3 Å². The van der Waals surface area contributed by atoms with Gasteiger partial charge in [0.25, 0.3) is 11.2 Å². The zero-order chi connectivity index (χ0) is 18.6. The Balaban J connectivity index is 2.74. The molecule has 0 bridgehead atoms. The number of carbonyl (C=O) groups excluding carboxylic acids is 1. The van der Waals surface area contributed by atoms with Crippen LogP contribution < -0.4 is 5.56 Å². The van der Waals surface area contributed by atoms with Crippen LogP contribution >= 0.6 is 12.2 Å². The van der Waals surface area contributed by atoms with Crippen LogP contribution in [0.4, 0.5) is 5.69 Å². The van der Waals surface area contributed by atoms with Gasteiger partial charge in [0.15, 0.2) is 11.1 Å². The molecule has 9 heteroatoms. The number of nitrogens with one attached hydrogen (secondary N) is 1. The van der Waals surface area contributed by atoms with Crippen molar-refractivity contribution in [2.75, 3.05) is 0 Å². The minimum absolute atomic E-state index is 0.0158. The highest BCUT2D eigenvalue weighted by Gasteiger charge is 2.18. The van der Waals surface area contributed by atoms with Gasteiger partial charge in [-0.2, -0.15) is 0 Å². The number of H-pyrrole nitrogens is 1. The molecule has 0 radical (unpaired) electrons. The van der Waals surface area contributed by atoms with E-state index in [0.717, 1.165) is 6.08 Å². The summed E-state index contributed by atoms with van der Waals surface area (Å²) in [5.41, 5.74) is -1.36. The fourth-order valence-electron chi connectivity index (χ4n) is 2.21. The Morgan fingerprint density at radius 1 is 1.44 bits per heavy atom. The van der Waals surface area contributed by atoms with Gasteiger partial charge in [0.05, 0.1) is 10.5 Å². The van der Waals surface area contributed by atoms with Crippen molar-refractivity contribution >= 4 is 35.8 Å². The molecule has 2 N–H and O–H groups in total. The molecule has 0 amide bonds. The van der Waals surface area contributed by atoms with Crippen molar-refractivity contribution in [3.8, 4) is 5.88 Å². The van der Waals surface area contributed by atoms with Crippen molar-refractivity contribution < 1.29 is 14.8 Å². The lowest BCUT2D eigenvalue weighted by Crippen LogP contribution is -2.16. The molecule has 25 heavy (non-hydrogen) atoms.